The molecule has 3 aromatic carbocycles. The fourth-order valence-electron chi connectivity index (χ4n) is 3.99. The van der Waals surface area contributed by atoms with E-state index in [-0.39, 0.29) is 6.61 Å². The Morgan fingerprint density at radius 1 is 0.926 bits per heavy atom. The second kappa shape index (κ2) is 5.71. The molecule has 2 heterocycles. The fourth-order valence-corrected chi connectivity index (χ4v) is 3.99. The second-order valence-electron chi connectivity index (χ2n) is 6.47. The molecule has 0 radical (unpaired) electrons. The van der Waals surface area contributed by atoms with Crippen molar-refractivity contribution in [2.24, 2.45) is 0 Å². The maximum Gasteiger partial charge on any atom is 0.340 e. The number of aromatic nitrogens is 2. The maximum atomic E-state index is 12.9. The van der Waals surface area contributed by atoms with Crippen LogP contribution < -0.4 is 0 Å². The van der Waals surface area contributed by atoms with E-state index in [1.165, 1.54) is 0 Å². The highest BCUT2D eigenvalue weighted by molar-refractivity contribution is 6.31. The zero-order chi connectivity index (χ0) is 18.5. The van der Waals surface area contributed by atoms with Crippen LogP contribution in [0.15, 0.2) is 48.5 Å². The van der Waals surface area contributed by atoms with E-state index in [0.29, 0.717) is 27.5 Å². The van der Waals surface area contributed by atoms with Crippen LogP contribution in [0.3, 0.4) is 0 Å². The molecule has 0 aliphatic rings. The van der Waals surface area contributed by atoms with Gasteiger partial charge < -0.3 is 14.7 Å². The van der Waals surface area contributed by atoms with Crippen molar-refractivity contribution in [1.82, 2.24) is 9.97 Å². The summed E-state index contributed by atoms with van der Waals surface area (Å²) < 4.78 is 5.37. The summed E-state index contributed by atoms with van der Waals surface area (Å²) in [5.74, 6) is -0.402. The molecule has 0 saturated heterocycles. The molecule has 0 saturated carbocycles. The van der Waals surface area contributed by atoms with Crippen molar-refractivity contribution >= 4 is 55.9 Å². The summed E-state index contributed by atoms with van der Waals surface area (Å²) in [4.78, 5) is 31.7. The minimum atomic E-state index is -0.402. The van der Waals surface area contributed by atoms with Gasteiger partial charge in [-0.15, -0.1) is 0 Å². The molecule has 2 aromatic heterocycles. The van der Waals surface area contributed by atoms with E-state index in [1.54, 1.807) is 6.92 Å². The number of rotatable bonds is 3. The Hall–Kier alpha value is -3.60. The maximum absolute atomic E-state index is 12.9. The van der Waals surface area contributed by atoms with Crippen molar-refractivity contribution < 1.29 is 14.3 Å². The summed E-state index contributed by atoms with van der Waals surface area (Å²) in [5, 5.41) is 3.24. The van der Waals surface area contributed by atoms with E-state index < -0.39 is 5.97 Å². The van der Waals surface area contributed by atoms with Gasteiger partial charge in [-0.1, -0.05) is 36.4 Å². The minimum Gasteiger partial charge on any atom is -0.462 e. The minimum absolute atomic E-state index is 0.278. The summed E-state index contributed by atoms with van der Waals surface area (Å²) in [6.45, 7) is 2.06. The molecule has 0 aliphatic carbocycles. The van der Waals surface area contributed by atoms with Crippen molar-refractivity contribution in [2.45, 2.75) is 6.92 Å². The van der Waals surface area contributed by atoms with Gasteiger partial charge >= 0.3 is 5.97 Å². The average Bonchev–Trinajstić information content (AvgIpc) is 3.25. The van der Waals surface area contributed by atoms with Crippen LogP contribution in [-0.4, -0.2) is 28.8 Å². The van der Waals surface area contributed by atoms with E-state index in [0.717, 1.165) is 33.5 Å². The van der Waals surface area contributed by atoms with Crippen molar-refractivity contribution in [3.8, 4) is 0 Å². The molecule has 5 aromatic rings. The Kier molecular flexibility index (Phi) is 3.31. The van der Waals surface area contributed by atoms with Crippen LogP contribution in [0.1, 0.15) is 27.6 Å². The van der Waals surface area contributed by atoms with Gasteiger partial charge in [0, 0.05) is 38.1 Å². The molecule has 0 unspecified atom stereocenters. The lowest BCUT2D eigenvalue weighted by molar-refractivity contribution is 0.0530. The quantitative estimate of drug-likeness (QED) is 0.355. The molecule has 5 nitrogen and oxygen atoms in total. The van der Waals surface area contributed by atoms with Gasteiger partial charge in [0.2, 0.25) is 0 Å². The van der Waals surface area contributed by atoms with E-state index in [1.807, 2.05) is 48.5 Å². The molecule has 0 aliphatic heterocycles. The molecule has 5 heteroatoms. The van der Waals surface area contributed by atoms with Crippen LogP contribution in [0.5, 0.6) is 0 Å². The van der Waals surface area contributed by atoms with Crippen molar-refractivity contribution in [1.29, 1.82) is 0 Å². The molecule has 27 heavy (non-hydrogen) atoms. The normalized spacial score (nSPS) is 11.6. The van der Waals surface area contributed by atoms with Crippen LogP contribution >= 0.6 is 0 Å². The van der Waals surface area contributed by atoms with Crippen LogP contribution in [0.2, 0.25) is 0 Å². The molecule has 132 valence electrons. The third-order valence-corrected chi connectivity index (χ3v) is 5.05. The number of carbonyl (C=O) groups excluding carboxylic acids is 2. The third kappa shape index (κ3) is 2.05. The zero-order valence-corrected chi connectivity index (χ0v) is 14.6. The number of para-hydroxylation sites is 2. The number of benzene rings is 3. The van der Waals surface area contributed by atoms with E-state index in [2.05, 4.69) is 9.97 Å². The van der Waals surface area contributed by atoms with Gasteiger partial charge in [-0.2, -0.15) is 0 Å². The molecular formula is C22H16N2O3. The number of aldehydes is 1. The van der Waals surface area contributed by atoms with Crippen molar-refractivity contribution in [2.75, 3.05) is 6.61 Å². The number of ether oxygens (including phenoxy) is 1. The molecule has 0 amide bonds. The predicted molar refractivity (Wildman–Crippen MR) is 107 cm³/mol. The summed E-state index contributed by atoms with van der Waals surface area (Å²) in [7, 11) is 0. The molecule has 0 atom stereocenters. The first-order valence-electron chi connectivity index (χ1n) is 8.83. The number of hydrogen-bond donors (Lipinski definition) is 2. The van der Waals surface area contributed by atoms with Crippen LogP contribution in [0, 0.1) is 0 Å². The van der Waals surface area contributed by atoms with Gasteiger partial charge in [-0.05, 0) is 19.1 Å². The number of fused-ring (bicyclic) bond motifs is 6. The highest BCUT2D eigenvalue weighted by Gasteiger charge is 2.25. The van der Waals surface area contributed by atoms with E-state index in [4.69, 9.17) is 4.74 Å². The molecule has 0 fully saturated rings. The Bertz CT molecular complexity index is 1370. The number of esters is 1. The van der Waals surface area contributed by atoms with Crippen molar-refractivity contribution in [3.63, 3.8) is 0 Å². The van der Waals surface area contributed by atoms with Gasteiger partial charge in [0.1, 0.15) is 0 Å². The van der Waals surface area contributed by atoms with Gasteiger partial charge in [-0.25, -0.2) is 4.79 Å². The first-order chi connectivity index (χ1) is 13.2. The molecule has 0 bridgehead atoms. The van der Waals surface area contributed by atoms with Crippen LogP contribution in [0.4, 0.5) is 0 Å². The zero-order valence-electron chi connectivity index (χ0n) is 14.6. The number of aromatic amines is 2. The lowest BCUT2D eigenvalue weighted by atomic mass is 9.97. The number of nitrogens with one attached hydrogen (secondary N) is 2. The lowest BCUT2D eigenvalue weighted by Crippen LogP contribution is -2.07. The summed E-state index contributed by atoms with van der Waals surface area (Å²) in [6, 6.07) is 15.4. The van der Waals surface area contributed by atoms with Gasteiger partial charge in [0.05, 0.1) is 23.2 Å². The number of carbonyl (C=O) groups is 2. The number of H-pyrrole nitrogens is 2. The largest absolute Gasteiger partial charge is 0.462 e. The summed E-state index contributed by atoms with van der Waals surface area (Å²) in [6.07, 6.45) is 0.856. The molecule has 5 rings (SSSR count). The first kappa shape index (κ1) is 15.6. The summed E-state index contributed by atoms with van der Waals surface area (Å²) >= 11 is 0. The number of hydrogen-bond acceptors (Lipinski definition) is 3. The monoisotopic (exact) mass is 356 g/mol. The Morgan fingerprint density at radius 3 is 2.15 bits per heavy atom. The Balaban J connectivity index is 2.12. The smallest absolute Gasteiger partial charge is 0.340 e. The first-order valence-corrected chi connectivity index (χ1v) is 8.83. The van der Waals surface area contributed by atoms with Gasteiger partial charge in [0.15, 0.2) is 6.29 Å². The van der Waals surface area contributed by atoms with Crippen LogP contribution in [0.25, 0.3) is 43.6 Å². The fraction of sp³-hybridized carbons (Fsp3) is 0.0909. The lowest BCUT2D eigenvalue weighted by Gasteiger charge is -2.08. The summed E-state index contributed by atoms with van der Waals surface area (Å²) in [5.41, 5.74) is 4.04. The van der Waals surface area contributed by atoms with Crippen LogP contribution in [-0.2, 0) is 4.74 Å². The molecular weight excluding hydrogens is 340 g/mol. The average molecular weight is 356 g/mol. The van der Waals surface area contributed by atoms with Gasteiger partial charge in [-0.3, -0.25) is 4.79 Å². The second-order valence-corrected chi connectivity index (χ2v) is 6.47. The highest BCUT2D eigenvalue weighted by Crippen LogP contribution is 2.39. The SMILES string of the molecule is CCOC(=O)c1c2[nH]c3ccccc3c2c(C=O)c2[nH]c3ccccc3c12. The predicted octanol–water partition coefficient (Wildman–Crippen LogP) is 4.94. The van der Waals surface area contributed by atoms with Crippen molar-refractivity contribution in [3.05, 3.63) is 59.7 Å². The van der Waals surface area contributed by atoms with Gasteiger partial charge in [0.25, 0.3) is 0 Å². The Labute approximate surface area is 153 Å². The molecule has 0 spiro atoms. The highest BCUT2D eigenvalue weighted by atomic mass is 16.5. The Morgan fingerprint density at radius 2 is 1.52 bits per heavy atom. The molecule has 2 N–H and O–H groups in total. The van der Waals surface area contributed by atoms with E-state index >= 15 is 0 Å². The standard InChI is InChI=1S/C22H16N2O3/c1-2-27-22(26)19-18-13-8-4-6-10-16(13)23-20(18)14(11-25)17-12-7-3-5-9-15(12)24-21(17)19/h3-11,23-24H,2H2,1H3. The third-order valence-electron chi connectivity index (χ3n) is 5.05. The van der Waals surface area contributed by atoms with E-state index in [9.17, 15) is 9.59 Å². The topological polar surface area (TPSA) is 75.0 Å².